The first kappa shape index (κ1) is 12.7. The van der Waals surface area contributed by atoms with Crippen LogP contribution in [0.4, 0.5) is 0 Å². The fourth-order valence-electron chi connectivity index (χ4n) is 1.79. The zero-order valence-electron chi connectivity index (χ0n) is 9.55. The maximum absolute atomic E-state index is 9.53. The number of aliphatic hydroxyl groups is 2. The third-order valence-corrected chi connectivity index (χ3v) is 2.73. The van der Waals surface area contributed by atoms with Crippen molar-refractivity contribution >= 4 is 0 Å². The largest absolute Gasteiger partial charge is 0.475 e. The first-order chi connectivity index (χ1) is 7.60. The number of ether oxygens (including phenoxy) is 1. The van der Waals surface area contributed by atoms with Crippen molar-refractivity contribution in [3.8, 4) is 0 Å². The van der Waals surface area contributed by atoms with E-state index in [1.54, 1.807) is 6.92 Å². The average molecular weight is 228 g/mol. The Bertz CT molecular complexity index is 311. The van der Waals surface area contributed by atoms with Crippen molar-refractivity contribution in [2.75, 3.05) is 6.61 Å². The molecule has 0 bridgehead atoms. The van der Waals surface area contributed by atoms with Crippen LogP contribution >= 0.6 is 0 Å². The summed E-state index contributed by atoms with van der Waals surface area (Å²) in [5.74, 6) is -0.369. The molecule has 0 spiro atoms. The van der Waals surface area contributed by atoms with Crippen LogP contribution in [0.2, 0.25) is 0 Å². The number of nitrogens with zero attached hydrogens (tertiary/aromatic N) is 2. The lowest BCUT2D eigenvalue weighted by molar-refractivity contribution is 0.0788. The van der Waals surface area contributed by atoms with Gasteiger partial charge in [-0.1, -0.05) is 0 Å². The molecular weight excluding hydrogens is 210 g/mol. The van der Waals surface area contributed by atoms with Crippen LogP contribution in [0, 0.1) is 5.39 Å². The van der Waals surface area contributed by atoms with E-state index in [1.807, 2.05) is 6.92 Å². The summed E-state index contributed by atoms with van der Waals surface area (Å²) in [5, 5.41) is 30.9. The standard InChI is InChI=1S/C10H17N3O3/c1-3-16-10(15)9(13-11)7-4-5-8(14)6(2)12-7/h6-8,12,14H,3-5H2,1-2H3/p+1/b10-9+/t6-,7?,8-/m0/s1. The summed E-state index contributed by atoms with van der Waals surface area (Å²) in [7, 11) is 0. The maximum atomic E-state index is 9.53. The van der Waals surface area contributed by atoms with Crippen molar-refractivity contribution in [1.82, 2.24) is 5.32 Å². The van der Waals surface area contributed by atoms with Crippen molar-refractivity contribution in [2.45, 2.75) is 44.9 Å². The molecule has 6 heteroatoms. The fraction of sp³-hybridized carbons (Fsp3) is 0.800. The Labute approximate surface area is 94.5 Å². The molecule has 0 aliphatic carbocycles. The normalized spacial score (nSPS) is 31.5. The van der Waals surface area contributed by atoms with E-state index in [4.69, 9.17) is 10.1 Å². The summed E-state index contributed by atoms with van der Waals surface area (Å²) in [4.78, 5) is 3.05. The Kier molecular flexibility index (Phi) is 4.52. The van der Waals surface area contributed by atoms with Gasteiger partial charge in [-0.05, 0) is 26.7 Å². The third kappa shape index (κ3) is 2.84. The van der Waals surface area contributed by atoms with E-state index in [9.17, 15) is 10.2 Å². The molecule has 0 aromatic carbocycles. The monoisotopic (exact) mass is 228 g/mol. The van der Waals surface area contributed by atoms with Crippen LogP contribution in [-0.2, 0) is 4.74 Å². The minimum Gasteiger partial charge on any atom is -0.475 e. The van der Waals surface area contributed by atoms with E-state index in [0.717, 1.165) is 0 Å². The summed E-state index contributed by atoms with van der Waals surface area (Å²) < 4.78 is 4.89. The molecule has 16 heavy (non-hydrogen) atoms. The number of piperidine rings is 1. The van der Waals surface area contributed by atoms with Gasteiger partial charge < -0.3 is 14.9 Å². The fourth-order valence-corrected chi connectivity index (χ4v) is 1.79. The lowest BCUT2D eigenvalue weighted by Crippen LogP contribution is -2.49. The second-order valence-electron chi connectivity index (χ2n) is 3.88. The molecule has 1 saturated heterocycles. The summed E-state index contributed by atoms with van der Waals surface area (Å²) in [6.45, 7) is 3.87. The van der Waals surface area contributed by atoms with E-state index in [2.05, 4.69) is 10.3 Å². The van der Waals surface area contributed by atoms with Gasteiger partial charge in [0.05, 0.1) is 12.7 Å². The molecule has 1 aliphatic rings. The highest BCUT2D eigenvalue weighted by molar-refractivity contribution is 5.19. The van der Waals surface area contributed by atoms with E-state index in [1.165, 1.54) is 0 Å². The van der Waals surface area contributed by atoms with Crippen LogP contribution < -0.4 is 5.32 Å². The van der Waals surface area contributed by atoms with E-state index in [-0.39, 0.29) is 23.7 Å². The Hall–Kier alpha value is -1.32. The van der Waals surface area contributed by atoms with Crippen molar-refractivity contribution in [1.29, 1.82) is 5.39 Å². The van der Waals surface area contributed by atoms with Gasteiger partial charge in [-0.3, -0.25) is 5.32 Å². The summed E-state index contributed by atoms with van der Waals surface area (Å²) in [6, 6.07) is -0.403. The molecule has 6 nitrogen and oxygen atoms in total. The first-order valence-electron chi connectivity index (χ1n) is 5.45. The molecule has 1 heterocycles. The van der Waals surface area contributed by atoms with Crippen molar-refractivity contribution < 1.29 is 14.9 Å². The number of diazo groups is 1. The molecule has 1 unspecified atom stereocenters. The zero-order valence-corrected chi connectivity index (χ0v) is 9.55. The van der Waals surface area contributed by atoms with Gasteiger partial charge >= 0.3 is 11.6 Å². The molecule has 0 radical (unpaired) electrons. The van der Waals surface area contributed by atoms with Gasteiger partial charge in [0.25, 0.3) is 0 Å². The van der Waals surface area contributed by atoms with E-state index in [0.29, 0.717) is 19.4 Å². The summed E-state index contributed by atoms with van der Waals surface area (Å²) >= 11 is 0. The molecule has 3 N–H and O–H groups in total. The van der Waals surface area contributed by atoms with Crippen LogP contribution in [-0.4, -0.2) is 35.0 Å². The Balaban J connectivity index is 2.76. The topological polar surface area (TPSA) is 89.9 Å². The van der Waals surface area contributed by atoms with Crippen LogP contribution in [0.1, 0.15) is 26.7 Å². The molecular formula is C10H18N3O3+. The Morgan fingerprint density at radius 2 is 2.25 bits per heavy atom. The van der Waals surface area contributed by atoms with E-state index < -0.39 is 6.10 Å². The molecule has 1 fully saturated rings. The number of nitrogens with one attached hydrogen (secondary N) is 1. The van der Waals surface area contributed by atoms with Crippen molar-refractivity contribution in [3.63, 3.8) is 0 Å². The summed E-state index contributed by atoms with van der Waals surface area (Å²) in [5.41, 5.74) is 0.0839. The van der Waals surface area contributed by atoms with Crippen LogP contribution in [0.15, 0.2) is 11.6 Å². The highest BCUT2D eigenvalue weighted by Gasteiger charge is 2.37. The highest BCUT2D eigenvalue weighted by atomic mass is 16.6. The maximum Gasteiger partial charge on any atom is 0.457 e. The molecule has 1 rings (SSSR count). The van der Waals surface area contributed by atoms with Crippen LogP contribution in [0.5, 0.6) is 0 Å². The number of hydrogen-bond donors (Lipinski definition) is 3. The van der Waals surface area contributed by atoms with Gasteiger partial charge in [0, 0.05) is 6.04 Å². The lowest BCUT2D eigenvalue weighted by Gasteiger charge is -2.29. The second kappa shape index (κ2) is 5.68. The van der Waals surface area contributed by atoms with Crippen LogP contribution in [0.3, 0.4) is 0 Å². The Morgan fingerprint density at radius 1 is 1.56 bits per heavy atom. The van der Waals surface area contributed by atoms with Gasteiger partial charge in [-0.2, -0.15) is 0 Å². The molecule has 3 atom stereocenters. The van der Waals surface area contributed by atoms with Crippen molar-refractivity contribution in [2.24, 2.45) is 0 Å². The average Bonchev–Trinajstić information content (AvgIpc) is 2.25. The molecule has 0 aromatic rings. The zero-order chi connectivity index (χ0) is 12.1. The molecule has 0 amide bonds. The highest BCUT2D eigenvalue weighted by Crippen LogP contribution is 2.21. The molecule has 0 saturated carbocycles. The minimum atomic E-state index is -0.412. The predicted molar refractivity (Wildman–Crippen MR) is 58.0 cm³/mol. The number of rotatable bonds is 3. The second-order valence-corrected chi connectivity index (χ2v) is 3.88. The SMILES string of the molecule is CCO/C(O)=C(/[N+]#N)C1CC[C@H](O)[C@H](C)N1. The third-order valence-electron chi connectivity index (χ3n) is 2.73. The number of aliphatic hydroxyl groups excluding tert-OH is 2. The molecule has 90 valence electrons. The quantitative estimate of drug-likeness (QED) is 0.497. The smallest absolute Gasteiger partial charge is 0.457 e. The van der Waals surface area contributed by atoms with Gasteiger partial charge in [0.15, 0.2) is 4.98 Å². The molecule has 0 aromatic heterocycles. The lowest BCUT2D eigenvalue weighted by atomic mass is 9.95. The van der Waals surface area contributed by atoms with Gasteiger partial charge in [-0.25, -0.2) is 0 Å². The van der Waals surface area contributed by atoms with Gasteiger partial charge in [-0.15, -0.1) is 0 Å². The minimum absolute atomic E-state index is 0.0839. The predicted octanol–water partition coefficient (Wildman–Crippen LogP) is 1.10. The number of hydrogen-bond acceptors (Lipinski definition) is 5. The van der Waals surface area contributed by atoms with Crippen LogP contribution in [0.25, 0.3) is 4.98 Å². The van der Waals surface area contributed by atoms with Gasteiger partial charge in [0.2, 0.25) is 5.39 Å². The van der Waals surface area contributed by atoms with E-state index >= 15 is 0 Å². The Morgan fingerprint density at radius 3 is 2.75 bits per heavy atom. The van der Waals surface area contributed by atoms with Crippen molar-refractivity contribution in [3.05, 3.63) is 16.6 Å². The first-order valence-corrected chi connectivity index (χ1v) is 5.45. The van der Waals surface area contributed by atoms with Gasteiger partial charge in [0.1, 0.15) is 6.04 Å². The summed E-state index contributed by atoms with van der Waals surface area (Å²) in [6.07, 6.45) is 0.768. The molecule has 1 aliphatic heterocycles.